The van der Waals surface area contributed by atoms with Crippen LogP contribution in [0, 0.1) is 0 Å². The highest BCUT2D eigenvalue weighted by atomic mass is 79.9. The van der Waals surface area contributed by atoms with Gasteiger partial charge in [0.15, 0.2) is 0 Å². The molecular weight excluding hydrogens is 384 g/mol. The van der Waals surface area contributed by atoms with E-state index in [1.54, 1.807) is 18.2 Å². The number of nitrogens with zero attached hydrogens (tertiary/aromatic N) is 1. The summed E-state index contributed by atoms with van der Waals surface area (Å²) >= 11 is 3.35. The number of amides is 2. The molecule has 128 valence electrons. The maximum Gasteiger partial charge on any atom is 0.282 e. The van der Waals surface area contributed by atoms with Gasteiger partial charge in [0.2, 0.25) is 0 Å². The van der Waals surface area contributed by atoms with Crippen LogP contribution in [0.4, 0.5) is 5.69 Å². The second-order valence-electron chi connectivity index (χ2n) is 5.50. The molecule has 6 heteroatoms. The third-order valence-corrected chi connectivity index (χ3v) is 4.19. The van der Waals surface area contributed by atoms with Gasteiger partial charge in [-0.2, -0.15) is 0 Å². The minimum atomic E-state index is -0.432. The van der Waals surface area contributed by atoms with Gasteiger partial charge in [0.25, 0.3) is 11.8 Å². The number of nitrogens with one attached hydrogen (secondary N) is 1. The smallest absolute Gasteiger partial charge is 0.282 e. The van der Waals surface area contributed by atoms with Crippen molar-refractivity contribution in [1.29, 1.82) is 0 Å². The van der Waals surface area contributed by atoms with E-state index in [0.29, 0.717) is 23.6 Å². The lowest BCUT2D eigenvalue weighted by atomic mass is 10.1. The molecule has 0 aromatic heterocycles. The fraction of sp³-hybridized carbons (Fsp3) is 0.158. The predicted octanol–water partition coefficient (Wildman–Crippen LogP) is 3.70. The first-order chi connectivity index (χ1) is 12.1. The molecule has 5 nitrogen and oxygen atoms in total. The van der Waals surface area contributed by atoms with E-state index in [9.17, 15) is 9.59 Å². The first kappa shape index (κ1) is 17.2. The van der Waals surface area contributed by atoms with Crippen LogP contribution < -0.4 is 15.2 Å². The maximum atomic E-state index is 12.7. The number of hydrogen-bond acceptors (Lipinski definition) is 3. The highest BCUT2D eigenvalue weighted by Gasteiger charge is 2.34. The monoisotopic (exact) mass is 400 g/mol. The first-order valence-electron chi connectivity index (χ1n) is 7.94. The lowest BCUT2D eigenvalue weighted by Gasteiger charge is -2.14. The molecule has 1 fully saturated rings. The van der Waals surface area contributed by atoms with E-state index in [4.69, 9.17) is 4.74 Å². The van der Waals surface area contributed by atoms with E-state index < -0.39 is 11.8 Å². The molecule has 0 bridgehead atoms. The van der Waals surface area contributed by atoms with E-state index in [-0.39, 0.29) is 5.57 Å². The quantitative estimate of drug-likeness (QED) is 0.614. The zero-order valence-corrected chi connectivity index (χ0v) is 15.2. The molecule has 2 amide bonds. The van der Waals surface area contributed by atoms with E-state index in [1.807, 2.05) is 43.3 Å². The van der Waals surface area contributed by atoms with Gasteiger partial charge in [0, 0.05) is 10.0 Å². The molecule has 0 unspecified atom stereocenters. The van der Waals surface area contributed by atoms with Crippen molar-refractivity contribution in [2.24, 2.45) is 0 Å². The number of carbonyl (C=O) groups excluding carboxylic acids is 2. The summed E-state index contributed by atoms with van der Waals surface area (Å²) in [6.45, 7) is 2.59. The number of hydrazine groups is 1. The van der Waals surface area contributed by atoms with Crippen LogP contribution in [-0.2, 0) is 9.59 Å². The van der Waals surface area contributed by atoms with E-state index >= 15 is 0 Å². The Morgan fingerprint density at radius 2 is 1.84 bits per heavy atom. The maximum absolute atomic E-state index is 12.7. The van der Waals surface area contributed by atoms with Gasteiger partial charge in [-0.15, -0.1) is 0 Å². The second-order valence-corrected chi connectivity index (χ2v) is 6.42. The summed E-state index contributed by atoms with van der Waals surface area (Å²) in [5.74, 6) is -0.171. The van der Waals surface area contributed by atoms with Gasteiger partial charge in [-0.05, 0) is 42.8 Å². The Hall–Kier alpha value is -2.60. The number of benzene rings is 2. The lowest BCUT2D eigenvalue weighted by molar-refractivity contribution is -0.117. The van der Waals surface area contributed by atoms with Crippen molar-refractivity contribution in [3.8, 4) is 5.75 Å². The highest BCUT2D eigenvalue weighted by molar-refractivity contribution is 9.10. The summed E-state index contributed by atoms with van der Waals surface area (Å²) < 4.78 is 6.58. The van der Waals surface area contributed by atoms with Crippen LogP contribution >= 0.6 is 15.9 Å². The molecule has 0 aliphatic carbocycles. The molecular formula is C19H17BrN2O3. The summed E-state index contributed by atoms with van der Waals surface area (Å²) in [5.41, 5.74) is 3.97. The number of carbonyl (C=O) groups is 2. The van der Waals surface area contributed by atoms with Crippen LogP contribution in [0.2, 0.25) is 0 Å². The number of ether oxygens (including phenoxy) is 1. The van der Waals surface area contributed by atoms with Gasteiger partial charge in [-0.3, -0.25) is 15.0 Å². The number of para-hydroxylation sites is 1. The van der Waals surface area contributed by atoms with Crippen molar-refractivity contribution < 1.29 is 14.3 Å². The number of hydrogen-bond donors (Lipinski definition) is 1. The van der Waals surface area contributed by atoms with Gasteiger partial charge in [-0.25, -0.2) is 5.01 Å². The van der Waals surface area contributed by atoms with E-state index in [1.165, 1.54) is 5.01 Å². The Bertz CT molecular complexity index is 831. The topological polar surface area (TPSA) is 58.6 Å². The molecule has 2 aromatic rings. The molecule has 1 aliphatic heterocycles. The zero-order valence-electron chi connectivity index (χ0n) is 13.7. The molecule has 0 radical (unpaired) electrons. The second kappa shape index (κ2) is 7.53. The average molecular weight is 401 g/mol. The summed E-state index contributed by atoms with van der Waals surface area (Å²) in [7, 11) is 0. The summed E-state index contributed by atoms with van der Waals surface area (Å²) in [6, 6.07) is 14.5. The van der Waals surface area contributed by atoms with Crippen molar-refractivity contribution in [2.45, 2.75) is 13.3 Å². The van der Waals surface area contributed by atoms with Crippen molar-refractivity contribution >= 4 is 39.5 Å². The minimum absolute atomic E-state index is 0.0791. The van der Waals surface area contributed by atoms with Crippen molar-refractivity contribution in [3.63, 3.8) is 0 Å². The fourth-order valence-electron chi connectivity index (χ4n) is 2.43. The molecule has 1 saturated heterocycles. The van der Waals surface area contributed by atoms with E-state index in [2.05, 4.69) is 21.4 Å². The van der Waals surface area contributed by atoms with Gasteiger partial charge in [0.05, 0.1) is 12.3 Å². The van der Waals surface area contributed by atoms with Gasteiger partial charge in [-0.1, -0.05) is 41.1 Å². The van der Waals surface area contributed by atoms with Gasteiger partial charge < -0.3 is 4.74 Å². The Kier molecular flexibility index (Phi) is 5.19. The number of rotatable bonds is 5. The highest BCUT2D eigenvalue weighted by Crippen LogP contribution is 2.26. The average Bonchev–Trinajstić information content (AvgIpc) is 2.90. The van der Waals surface area contributed by atoms with Crippen LogP contribution in [0.5, 0.6) is 5.75 Å². The molecule has 25 heavy (non-hydrogen) atoms. The normalized spacial score (nSPS) is 15.6. The third-order valence-electron chi connectivity index (χ3n) is 3.66. The standard InChI is InChI=1S/C19H17BrN2O3/c1-2-11-25-17-6-4-3-5-13(17)12-16-18(23)21-22(19(16)24)15-9-7-14(20)8-10-15/h3-10,12H,2,11H2,1H3,(H,21,23)/b16-12-. The Labute approximate surface area is 154 Å². The molecule has 3 rings (SSSR count). The molecule has 2 aromatic carbocycles. The lowest BCUT2D eigenvalue weighted by Crippen LogP contribution is -2.35. The minimum Gasteiger partial charge on any atom is -0.493 e. The molecule has 1 aliphatic rings. The van der Waals surface area contributed by atoms with Crippen LogP contribution in [-0.4, -0.2) is 18.4 Å². The van der Waals surface area contributed by atoms with Crippen LogP contribution in [0.15, 0.2) is 58.6 Å². The summed E-state index contributed by atoms with van der Waals surface area (Å²) in [5, 5.41) is 1.25. The molecule has 1 heterocycles. The van der Waals surface area contributed by atoms with Crippen molar-refractivity contribution in [1.82, 2.24) is 5.43 Å². The largest absolute Gasteiger partial charge is 0.493 e. The Morgan fingerprint density at radius 3 is 2.56 bits per heavy atom. The molecule has 0 atom stereocenters. The van der Waals surface area contributed by atoms with Crippen LogP contribution in [0.1, 0.15) is 18.9 Å². The van der Waals surface area contributed by atoms with Gasteiger partial charge >= 0.3 is 0 Å². The zero-order chi connectivity index (χ0) is 17.8. The SMILES string of the molecule is CCCOc1ccccc1/C=C1/C(=O)NN(c2ccc(Br)cc2)C1=O. The fourth-order valence-corrected chi connectivity index (χ4v) is 2.69. The van der Waals surface area contributed by atoms with Crippen LogP contribution in [0.25, 0.3) is 6.08 Å². The first-order valence-corrected chi connectivity index (χ1v) is 8.74. The molecule has 1 N–H and O–H groups in total. The van der Waals surface area contributed by atoms with Crippen LogP contribution in [0.3, 0.4) is 0 Å². The van der Waals surface area contributed by atoms with Crippen molar-refractivity contribution in [2.75, 3.05) is 11.6 Å². The van der Waals surface area contributed by atoms with E-state index in [0.717, 1.165) is 10.9 Å². The van der Waals surface area contributed by atoms with Gasteiger partial charge in [0.1, 0.15) is 11.3 Å². The molecule has 0 spiro atoms. The van der Waals surface area contributed by atoms with Crippen molar-refractivity contribution in [3.05, 3.63) is 64.1 Å². The Morgan fingerprint density at radius 1 is 1.12 bits per heavy atom. The third kappa shape index (κ3) is 3.74. The summed E-state index contributed by atoms with van der Waals surface area (Å²) in [4.78, 5) is 24.9. The molecule has 0 saturated carbocycles. The number of halogens is 1. The Balaban J connectivity index is 1.90. The summed E-state index contributed by atoms with van der Waals surface area (Å²) in [6.07, 6.45) is 2.45. The number of anilines is 1. The predicted molar refractivity (Wildman–Crippen MR) is 100.0 cm³/mol.